The van der Waals surface area contributed by atoms with E-state index >= 15 is 0 Å². The van der Waals surface area contributed by atoms with E-state index in [0.29, 0.717) is 0 Å². The van der Waals surface area contributed by atoms with E-state index in [2.05, 4.69) is 107 Å². The van der Waals surface area contributed by atoms with Crippen LogP contribution in [-0.4, -0.2) is 4.70 Å². The molecule has 1 heterocycles. The number of allylic oxidation sites excluding steroid dienone is 2. The van der Waals surface area contributed by atoms with Crippen LogP contribution in [0.3, 0.4) is 0 Å². The number of aryl methyl sites for hydroxylation is 4. The molecule has 2 nitrogen and oxygen atoms in total. The van der Waals surface area contributed by atoms with E-state index in [1.807, 2.05) is 0 Å². The fourth-order valence-electron chi connectivity index (χ4n) is 10.2. The fraction of sp³-hybridized carbons (Fsp3) is 0.727. The monoisotopic (exact) mass is 993 g/mol. The summed E-state index contributed by atoms with van der Waals surface area (Å²) in [4.78, 5) is 0. The van der Waals surface area contributed by atoms with E-state index in [-0.39, 0.29) is 16.5 Å². The SMILES string of the molecule is CCCCCc1c(C)cc(C2=CC(CCCC)=C(c3cc(C)c(CCCCC)c(C)c3)[N+]2=[N-])cc1C.[CH2-]CCCCCCCCCCCCCCC.[CH2-]CCCCCCCCCCCCCCC.[Ni+2]. The van der Waals surface area contributed by atoms with Gasteiger partial charge in [-0.25, -0.2) is 4.70 Å². The quantitative estimate of drug-likeness (QED) is 0.0276. The second kappa shape index (κ2) is 45.8. The van der Waals surface area contributed by atoms with Crippen LogP contribution in [0.2, 0.25) is 0 Å². The molecular formula is C66H114N2Ni. The third-order valence-corrected chi connectivity index (χ3v) is 14.6. The maximum absolute atomic E-state index is 11.6. The summed E-state index contributed by atoms with van der Waals surface area (Å²) in [6.45, 7) is 28.0. The molecule has 0 radical (unpaired) electrons. The maximum atomic E-state index is 11.6. The molecule has 0 aliphatic carbocycles. The smallest absolute Gasteiger partial charge is 0.493 e. The molecule has 0 bridgehead atoms. The van der Waals surface area contributed by atoms with Gasteiger partial charge in [-0.2, -0.15) is 12.8 Å². The van der Waals surface area contributed by atoms with Crippen molar-refractivity contribution in [2.75, 3.05) is 0 Å². The Hall–Kier alpha value is -1.99. The van der Waals surface area contributed by atoms with Gasteiger partial charge in [0.1, 0.15) is 0 Å². The molecule has 0 saturated heterocycles. The van der Waals surface area contributed by atoms with Crippen LogP contribution in [0.15, 0.2) is 35.9 Å². The molecule has 2 aromatic rings. The van der Waals surface area contributed by atoms with Crippen molar-refractivity contribution in [1.29, 1.82) is 0 Å². The van der Waals surface area contributed by atoms with Gasteiger partial charge in [0.25, 0.3) is 0 Å². The summed E-state index contributed by atoms with van der Waals surface area (Å²) in [7, 11) is 0. The first-order valence-electron chi connectivity index (χ1n) is 29.9. The molecule has 2 aromatic carbocycles. The number of hydrogen-bond acceptors (Lipinski definition) is 0. The fourth-order valence-corrected chi connectivity index (χ4v) is 10.2. The Kier molecular flexibility index (Phi) is 44.5. The molecular weight excluding hydrogens is 879 g/mol. The average molecular weight is 994 g/mol. The molecule has 0 amide bonds. The van der Waals surface area contributed by atoms with Crippen LogP contribution in [-0.2, 0) is 29.3 Å². The van der Waals surface area contributed by atoms with Crippen LogP contribution in [0.1, 0.15) is 317 Å². The third-order valence-electron chi connectivity index (χ3n) is 14.6. The minimum Gasteiger partial charge on any atom is -0.493 e. The zero-order chi connectivity index (χ0) is 50.0. The molecule has 3 heteroatoms. The molecule has 398 valence electrons. The number of benzene rings is 2. The van der Waals surface area contributed by atoms with Crippen molar-refractivity contribution >= 4 is 11.4 Å². The van der Waals surface area contributed by atoms with Gasteiger partial charge < -0.3 is 19.4 Å². The summed E-state index contributed by atoms with van der Waals surface area (Å²) in [5.74, 6) is 0. The van der Waals surface area contributed by atoms with Crippen LogP contribution in [0.5, 0.6) is 0 Å². The second-order valence-electron chi connectivity index (χ2n) is 21.1. The van der Waals surface area contributed by atoms with Gasteiger partial charge in [0.2, 0.25) is 11.4 Å². The summed E-state index contributed by atoms with van der Waals surface area (Å²) >= 11 is 0. The van der Waals surface area contributed by atoms with E-state index in [0.717, 1.165) is 67.5 Å². The molecule has 0 spiro atoms. The van der Waals surface area contributed by atoms with Gasteiger partial charge in [-0.3, -0.25) is 0 Å². The Bertz CT molecular complexity index is 1510. The Morgan fingerprint density at radius 1 is 0.362 bits per heavy atom. The third kappa shape index (κ3) is 30.6. The van der Waals surface area contributed by atoms with Crippen molar-refractivity contribution in [3.05, 3.63) is 99.8 Å². The first kappa shape index (κ1) is 67.0. The predicted octanol–water partition coefficient (Wildman–Crippen LogP) is 23.0. The molecule has 1 aliphatic heterocycles. The summed E-state index contributed by atoms with van der Waals surface area (Å²) in [6, 6.07) is 9.14. The van der Waals surface area contributed by atoms with Crippen molar-refractivity contribution in [2.45, 2.75) is 313 Å². The first-order valence-corrected chi connectivity index (χ1v) is 29.9. The van der Waals surface area contributed by atoms with Gasteiger partial charge in [0, 0.05) is 22.8 Å². The Morgan fingerprint density at radius 3 is 0.942 bits per heavy atom. The van der Waals surface area contributed by atoms with Crippen LogP contribution >= 0.6 is 0 Å². The minimum absolute atomic E-state index is 0. The molecule has 0 saturated carbocycles. The van der Waals surface area contributed by atoms with Gasteiger partial charge in [-0.05, 0) is 124 Å². The normalized spacial score (nSPS) is 12.2. The average Bonchev–Trinajstić information content (AvgIpc) is 3.66. The Balaban J connectivity index is 0.00000117. The van der Waals surface area contributed by atoms with E-state index in [4.69, 9.17) is 0 Å². The first-order chi connectivity index (χ1) is 33.1. The molecule has 0 fully saturated rings. The van der Waals surface area contributed by atoms with Crippen molar-refractivity contribution < 1.29 is 21.2 Å². The van der Waals surface area contributed by atoms with Crippen molar-refractivity contribution in [3.63, 3.8) is 0 Å². The Labute approximate surface area is 442 Å². The molecule has 69 heavy (non-hydrogen) atoms. The van der Waals surface area contributed by atoms with Gasteiger partial charge >= 0.3 is 16.5 Å². The maximum Gasteiger partial charge on any atom is 2.00 e. The molecule has 1 aliphatic rings. The molecule has 3 rings (SSSR count). The second-order valence-corrected chi connectivity index (χ2v) is 21.1. The van der Waals surface area contributed by atoms with Crippen molar-refractivity contribution in [2.24, 2.45) is 0 Å². The van der Waals surface area contributed by atoms with Crippen LogP contribution < -0.4 is 0 Å². The summed E-state index contributed by atoms with van der Waals surface area (Å²) in [6.07, 6.45) is 55.0. The molecule has 0 aromatic heterocycles. The molecule has 0 atom stereocenters. The largest absolute Gasteiger partial charge is 2.00 e. The standard InChI is InChI=1S/C34H48N2.2C16H33.Ni/c1-8-11-14-17-31-24(4)19-29(20-25(31)5)33-23-28(16-13-10-3)34(36(33)35)30-21-26(6)32(27(7)22-30)18-15-12-9-2;2*1-3-5-7-9-11-13-15-16-14-12-10-8-6-4-2;/h19-23H,8-18H2,1-7H3;2*1,3-16H2,2H3;/q;2*-1;+2. The van der Waals surface area contributed by atoms with Gasteiger partial charge in [-0.1, -0.05) is 234 Å². The van der Waals surface area contributed by atoms with Gasteiger partial charge in [0.15, 0.2) is 0 Å². The zero-order valence-electron chi connectivity index (χ0n) is 47.6. The van der Waals surface area contributed by atoms with Crippen molar-refractivity contribution in [1.82, 2.24) is 0 Å². The number of unbranched alkanes of at least 4 members (excludes halogenated alkanes) is 31. The van der Waals surface area contributed by atoms with Crippen LogP contribution in [0.4, 0.5) is 0 Å². The van der Waals surface area contributed by atoms with Crippen LogP contribution in [0, 0.1) is 41.5 Å². The number of rotatable bonds is 39. The van der Waals surface area contributed by atoms with Crippen molar-refractivity contribution in [3.8, 4) is 0 Å². The summed E-state index contributed by atoms with van der Waals surface area (Å²) in [5.41, 5.74) is 25.2. The zero-order valence-corrected chi connectivity index (χ0v) is 48.6. The number of nitrogens with zero attached hydrogens (tertiary/aromatic N) is 2. The van der Waals surface area contributed by atoms with E-state index < -0.39 is 0 Å². The topological polar surface area (TPSA) is 25.3 Å². The van der Waals surface area contributed by atoms with Crippen LogP contribution in [0.25, 0.3) is 16.9 Å². The summed E-state index contributed by atoms with van der Waals surface area (Å²) in [5, 5.41) is 0. The molecule has 0 unspecified atom stereocenters. The van der Waals surface area contributed by atoms with E-state index in [9.17, 15) is 5.53 Å². The van der Waals surface area contributed by atoms with Gasteiger partial charge in [0.05, 0.1) is 0 Å². The Morgan fingerprint density at radius 2 is 0.638 bits per heavy atom. The molecule has 0 N–H and O–H groups in total. The van der Waals surface area contributed by atoms with E-state index in [1.165, 1.54) is 249 Å². The van der Waals surface area contributed by atoms with E-state index in [1.54, 1.807) is 0 Å². The predicted molar refractivity (Wildman–Crippen MR) is 308 cm³/mol. The summed E-state index contributed by atoms with van der Waals surface area (Å²) < 4.78 is 1.47. The minimum atomic E-state index is 0. The van der Waals surface area contributed by atoms with Gasteiger partial charge in [-0.15, -0.1) is 0 Å². The number of hydrogen-bond donors (Lipinski definition) is 0.